The summed E-state index contributed by atoms with van der Waals surface area (Å²) in [5.41, 5.74) is 5.11. The third-order valence-corrected chi connectivity index (χ3v) is 6.27. The van der Waals surface area contributed by atoms with Crippen molar-refractivity contribution in [1.29, 1.82) is 0 Å². The smallest absolute Gasteiger partial charge is 0.242 e. The molecule has 5 nitrogen and oxygen atoms in total. The molecular weight excluding hydrogens is 392 g/mol. The van der Waals surface area contributed by atoms with Gasteiger partial charge in [0.25, 0.3) is 0 Å². The fraction of sp³-hybridized carbons (Fsp3) is 0.292. The summed E-state index contributed by atoms with van der Waals surface area (Å²) in [6, 6.07) is 14.5. The number of pyridine rings is 1. The van der Waals surface area contributed by atoms with Crippen LogP contribution in [-0.2, 0) is 11.3 Å². The Bertz CT molecular complexity index is 1160. The Morgan fingerprint density at radius 2 is 1.83 bits per heavy atom. The van der Waals surface area contributed by atoms with Gasteiger partial charge >= 0.3 is 0 Å². The van der Waals surface area contributed by atoms with E-state index in [-0.39, 0.29) is 18.5 Å². The van der Waals surface area contributed by atoms with Crippen LogP contribution in [0.3, 0.4) is 0 Å². The molecule has 3 aromatic heterocycles. The van der Waals surface area contributed by atoms with E-state index in [9.17, 15) is 4.79 Å². The van der Waals surface area contributed by atoms with Crippen molar-refractivity contribution in [2.24, 2.45) is 0 Å². The Kier molecular flexibility index (Phi) is 5.68. The Labute approximate surface area is 180 Å². The molecule has 3 heterocycles. The van der Waals surface area contributed by atoms with Gasteiger partial charge < -0.3 is 5.32 Å². The molecule has 0 radical (unpaired) electrons. The lowest BCUT2D eigenvalue weighted by atomic mass is 9.99. The van der Waals surface area contributed by atoms with E-state index in [1.807, 2.05) is 26.0 Å². The first-order valence-corrected chi connectivity index (χ1v) is 11.1. The van der Waals surface area contributed by atoms with Crippen LogP contribution in [0.15, 0.2) is 54.0 Å². The number of hydrogen-bond donors (Lipinski definition) is 1. The average Bonchev–Trinajstić information content (AvgIpc) is 3.37. The minimum atomic E-state index is -0.0804. The van der Waals surface area contributed by atoms with Gasteiger partial charge in [0.15, 0.2) is 5.65 Å². The van der Waals surface area contributed by atoms with E-state index in [0.717, 1.165) is 27.9 Å². The number of aryl methyl sites for hydroxylation is 1. The van der Waals surface area contributed by atoms with Crippen LogP contribution in [0.5, 0.6) is 0 Å². The Hall–Kier alpha value is -2.99. The Balaban J connectivity index is 1.53. The maximum atomic E-state index is 12.7. The molecule has 1 atom stereocenters. The zero-order valence-electron chi connectivity index (χ0n) is 17.7. The summed E-state index contributed by atoms with van der Waals surface area (Å²) in [4.78, 5) is 18.4. The van der Waals surface area contributed by atoms with Crippen LogP contribution in [0.25, 0.3) is 21.5 Å². The predicted octanol–water partition coefficient (Wildman–Crippen LogP) is 5.47. The molecule has 1 amide bonds. The molecule has 0 spiro atoms. The van der Waals surface area contributed by atoms with E-state index in [1.165, 1.54) is 10.4 Å². The molecule has 0 fully saturated rings. The third kappa shape index (κ3) is 4.00. The number of thiophene rings is 1. The van der Waals surface area contributed by atoms with E-state index in [4.69, 9.17) is 0 Å². The lowest BCUT2D eigenvalue weighted by Crippen LogP contribution is -2.30. The number of nitrogens with one attached hydrogen (secondary N) is 1. The molecule has 4 aromatic rings. The van der Waals surface area contributed by atoms with Crippen LogP contribution in [0.2, 0.25) is 0 Å². The second-order valence-corrected chi connectivity index (χ2v) is 8.84. The average molecular weight is 419 g/mol. The number of amides is 1. The molecule has 0 aliphatic rings. The minimum absolute atomic E-state index is 0.0729. The number of carbonyl (C=O) groups excluding carboxylic acids is 1. The van der Waals surface area contributed by atoms with Gasteiger partial charge in [0, 0.05) is 16.6 Å². The molecule has 30 heavy (non-hydrogen) atoms. The maximum Gasteiger partial charge on any atom is 0.242 e. The SMILES string of the molecule is Cc1nn(CC(=O)NC(C)c2ccc(C(C)C)cc2)c2nccc(-c3cccs3)c12. The van der Waals surface area contributed by atoms with E-state index >= 15 is 0 Å². The van der Waals surface area contributed by atoms with Crippen LogP contribution in [0, 0.1) is 6.92 Å². The summed E-state index contributed by atoms with van der Waals surface area (Å²) < 4.78 is 1.70. The van der Waals surface area contributed by atoms with Crippen molar-refractivity contribution in [3.8, 4) is 10.4 Å². The summed E-state index contributed by atoms with van der Waals surface area (Å²) in [5.74, 6) is 0.412. The molecule has 1 aromatic carbocycles. The number of rotatable bonds is 6. The highest BCUT2D eigenvalue weighted by molar-refractivity contribution is 7.13. The Morgan fingerprint density at radius 3 is 2.50 bits per heavy atom. The summed E-state index contributed by atoms with van der Waals surface area (Å²) in [6.45, 7) is 8.46. The van der Waals surface area contributed by atoms with Gasteiger partial charge in [-0.05, 0) is 48.4 Å². The van der Waals surface area contributed by atoms with Crippen molar-refractivity contribution in [2.75, 3.05) is 0 Å². The molecule has 0 saturated carbocycles. The maximum absolute atomic E-state index is 12.7. The van der Waals surface area contributed by atoms with Crippen LogP contribution >= 0.6 is 11.3 Å². The van der Waals surface area contributed by atoms with E-state index < -0.39 is 0 Å². The fourth-order valence-electron chi connectivity index (χ4n) is 3.71. The zero-order chi connectivity index (χ0) is 21.3. The minimum Gasteiger partial charge on any atom is -0.348 e. The van der Waals surface area contributed by atoms with Gasteiger partial charge in [-0.3, -0.25) is 4.79 Å². The van der Waals surface area contributed by atoms with Gasteiger partial charge in [0.05, 0.1) is 17.1 Å². The van der Waals surface area contributed by atoms with Gasteiger partial charge in [-0.2, -0.15) is 5.10 Å². The molecule has 0 saturated heterocycles. The van der Waals surface area contributed by atoms with Gasteiger partial charge in [0.1, 0.15) is 6.54 Å². The van der Waals surface area contributed by atoms with Crippen LogP contribution in [0.1, 0.15) is 49.6 Å². The lowest BCUT2D eigenvalue weighted by Gasteiger charge is -2.15. The number of hydrogen-bond acceptors (Lipinski definition) is 4. The summed E-state index contributed by atoms with van der Waals surface area (Å²) >= 11 is 1.69. The van der Waals surface area contributed by atoms with Crippen molar-refractivity contribution in [3.63, 3.8) is 0 Å². The van der Waals surface area contributed by atoms with E-state index in [0.29, 0.717) is 5.92 Å². The molecule has 1 unspecified atom stereocenters. The summed E-state index contributed by atoms with van der Waals surface area (Å²) in [6.07, 6.45) is 1.78. The number of carbonyl (C=O) groups is 1. The first-order valence-electron chi connectivity index (χ1n) is 10.2. The molecular formula is C24H26N4OS. The monoisotopic (exact) mass is 418 g/mol. The van der Waals surface area contributed by atoms with E-state index in [2.05, 4.69) is 65.0 Å². The first-order chi connectivity index (χ1) is 14.4. The van der Waals surface area contributed by atoms with Crippen molar-refractivity contribution < 1.29 is 4.79 Å². The fourth-order valence-corrected chi connectivity index (χ4v) is 4.46. The number of benzene rings is 1. The molecule has 0 aliphatic carbocycles. The van der Waals surface area contributed by atoms with Gasteiger partial charge in [-0.15, -0.1) is 11.3 Å². The standard InChI is InChI=1S/C24H26N4OS/c1-15(2)18-7-9-19(10-8-18)16(3)26-22(29)14-28-24-23(17(4)27-28)20(11-12-25-24)21-6-5-13-30-21/h5-13,15-16H,14H2,1-4H3,(H,26,29). The number of fused-ring (bicyclic) bond motifs is 1. The van der Waals surface area contributed by atoms with Crippen LogP contribution in [-0.4, -0.2) is 20.7 Å². The first kappa shape index (κ1) is 20.3. The Morgan fingerprint density at radius 1 is 1.10 bits per heavy atom. The van der Waals surface area contributed by atoms with Crippen molar-refractivity contribution in [3.05, 3.63) is 70.9 Å². The highest BCUT2D eigenvalue weighted by atomic mass is 32.1. The third-order valence-electron chi connectivity index (χ3n) is 5.37. The second-order valence-electron chi connectivity index (χ2n) is 7.89. The largest absolute Gasteiger partial charge is 0.348 e. The topological polar surface area (TPSA) is 59.8 Å². The van der Waals surface area contributed by atoms with Crippen molar-refractivity contribution in [1.82, 2.24) is 20.1 Å². The normalized spacial score (nSPS) is 12.4. The van der Waals surface area contributed by atoms with Gasteiger partial charge in [0.2, 0.25) is 5.91 Å². The highest BCUT2D eigenvalue weighted by Gasteiger charge is 2.17. The number of nitrogens with zero attached hydrogens (tertiary/aromatic N) is 3. The molecule has 6 heteroatoms. The second kappa shape index (κ2) is 8.40. The molecule has 1 N–H and O–H groups in total. The van der Waals surface area contributed by atoms with Crippen molar-refractivity contribution >= 4 is 28.3 Å². The van der Waals surface area contributed by atoms with Gasteiger partial charge in [-0.25, -0.2) is 9.67 Å². The van der Waals surface area contributed by atoms with Crippen LogP contribution in [0.4, 0.5) is 0 Å². The molecule has 4 rings (SSSR count). The summed E-state index contributed by atoms with van der Waals surface area (Å²) in [7, 11) is 0. The lowest BCUT2D eigenvalue weighted by molar-refractivity contribution is -0.122. The van der Waals surface area contributed by atoms with Crippen LogP contribution < -0.4 is 5.32 Å². The molecule has 0 aliphatic heterocycles. The highest BCUT2D eigenvalue weighted by Crippen LogP contribution is 2.32. The quantitative estimate of drug-likeness (QED) is 0.452. The van der Waals surface area contributed by atoms with E-state index in [1.54, 1.807) is 22.2 Å². The molecule has 0 bridgehead atoms. The van der Waals surface area contributed by atoms with Gasteiger partial charge in [-0.1, -0.05) is 44.2 Å². The molecule has 154 valence electrons. The number of aromatic nitrogens is 3. The predicted molar refractivity (Wildman–Crippen MR) is 123 cm³/mol. The summed E-state index contributed by atoms with van der Waals surface area (Å²) in [5, 5.41) is 10.8. The van der Waals surface area contributed by atoms with Crippen molar-refractivity contribution in [2.45, 2.75) is 46.2 Å². The zero-order valence-corrected chi connectivity index (χ0v) is 18.5.